The molecule has 2 aliphatic rings. The van der Waals surface area contributed by atoms with Gasteiger partial charge in [0.1, 0.15) is 11.4 Å². The standard InChI is InChI=1S/C26H27N5O3S2/c1-13-6-5-7-17(8-13)22-21(29-16(4)36-22)23(32)30-11-18-9-19(18)20(30)10-27-26(33)34-24-15(3)28-25-31(24)14(2)12-35-25/h5-8,12,18-20H,9-11H2,1-4H3,(H,27,33)/t18-,19-,20+/m0/s1. The van der Waals surface area contributed by atoms with Gasteiger partial charge in [0.15, 0.2) is 4.96 Å². The molecule has 0 spiro atoms. The first-order valence-electron chi connectivity index (χ1n) is 12.0. The van der Waals surface area contributed by atoms with Gasteiger partial charge in [-0.15, -0.1) is 22.7 Å². The number of ether oxygens (including phenoxy) is 1. The van der Waals surface area contributed by atoms with Crippen LogP contribution in [0.5, 0.6) is 5.88 Å². The molecule has 1 aliphatic heterocycles. The minimum atomic E-state index is -0.535. The van der Waals surface area contributed by atoms with Gasteiger partial charge in [-0.1, -0.05) is 29.8 Å². The second kappa shape index (κ2) is 8.70. The highest BCUT2D eigenvalue weighted by molar-refractivity contribution is 7.15. The lowest BCUT2D eigenvalue weighted by Crippen LogP contribution is -2.46. The van der Waals surface area contributed by atoms with Crippen LogP contribution in [0.1, 0.15) is 38.9 Å². The van der Waals surface area contributed by atoms with E-state index in [-0.39, 0.29) is 11.9 Å². The molecular weight excluding hydrogens is 494 g/mol. The fourth-order valence-corrected chi connectivity index (χ4v) is 7.07. The number of likely N-dealkylation sites (tertiary alicyclic amines) is 1. The second-order valence-corrected chi connectivity index (χ2v) is 11.8. The molecule has 10 heteroatoms. The lowest BCUT2D eigenvalue weighted by atomic mass is 10.1. The van der Waals surface area contributed by atoms with E-state index in [2.05, 4.69) is 21.4 Å². The Bertz CT molecular complexity index is 1500. The Kier molecular flexibility index (Phi) is 5.60. The van der Waals surface area contributed by atoms with E-state index in [1.165, 1.54) is 11.3 Å². The number of carbonyl (C=O) groups is 2. The molecule has 2 amide bonds. The van der Waals surface area contributed by atoms with Crippen LogP contribution < -0.4 is 10.1 Å². The van der Waals surface area contributed by atoms with E-state index in [9.17, 15) is 9.59 Å². The van der Waals surface area contributed by atoms with E-state index in [1.54, 1.807) is 11.3 Å². The van der Waals surface area contributed by atoms with E-state index < -0.39 is 6.09 Å². The molecule has 0 unspecified atom stereocenters. The third-order valence-corrected chi connectivity index (χ3v) is 9.04. The Morgan fingerprint density at radius 3 is 2.83 bits per heavy atom. The summed E-state index contributed by atoms with van der Waals surface area (Å²) in [4.78, 5) is 39.2. The number of aromatic nitrogens is 3. The van der Waals surface area contributed by atoms with Crippen molar-refractivity contribution in [2.45, 2.75) is 40.2 Å². The Labute approximate surface area is 216 Å². The van der Waals surface area contributed by atoms with Gasteiger partial charge in [-0.25, -0.2) is 14.8 Å². The fraction of sp³-hybridized carbons (Fsp3) is 0.385. The maximum Gasteiger partial charge on any atom is 0.414 e. The predicted molar refractivity (Wildman–Crippen MR) is 140 cm³/mol. The SMILES string of the molecule is Cc1cccc(-c2sc(C)nc2C(=O)N2C[C@@H]3C[C@@H]3[C@H]2CNC(=O)Oc2c(C)nc3scc(C)n23)c1. The molecule has 3 atom stereocenters. The lowest BCUT2D eigenvalue weighted by Gasteiger charge is -2.27. The molecule has 4 aromatic rings. The zero-order chi connectivity index (χ0) is 25.1. The van der Waals surface area contributed by atoms with E-state index >= 15 is 0 Å². The molecule has 1 aliphatic carbocycles. The van der Waals surface area contributed by atoms with E-state index in [0.717, 1.165) is 38.1 Å². The smallest absolute Gasteiger partial charge is 0.391 e. The summed E-state index contributed by atoms with van der Waals surface area (Å²) >= 11 is 3.05. The number of aryl methyl sites for hydroxylation is 4. The van der Waals surface area contributed by atoms with Crippen LogP contribution in [-0.2, 0) is 0 Å². The van der Waals surface area contributed by atoms with Crippen molar-refractivity contribution >= 4 is 39.6 Å². The van der Waals surface area contributed by atoms with Gasteiger partial charge in [0.2, 0.25) is 5.88 Å². The first-order chi connectivity index (χ1) is 17.3. The summed E-state index contributed by atoms with van der Waals surface area (Å²) in [6.45, 7) is 8.81. The minimum Gasteiger partial charge on any atom is -0.391 e. The summed E-state index contributed by atoms with van der Waals surface area (Å²) in [5.74, 6) is 1.26. The highest BCUT2D eigenvalue weighted by Gasteiger charge is 2.54. The summed E-state index contributed by atoms with van der Waals surface area (Å²) in [6, 6.07) is 8.09. The van der Waals surface area contributed by atoms with Gasteiger partial charge in [-0.2, -0.15) is 0 Å². The average molecular weight is 522 g/mol. The van der Waals surface area contributed by atoms with Gasteiger partial charge in [-0.3, -0.25) is 9.20 Å². The molecule has 36 heavy (non-hydrogen) atoms. The lowest BCUT2D eigenvalue weighted by molar-refractivity contribution is 0.0700. The molecule has 0 bridgehead atoms. The Hall–Kier alpha value is -3.24. The molecule has 1 saturated carbocycles. The van der Waals surface area contributed by atoms with Crippen LogP contribution in [0.3, 0.4) is 0 Å². The molecule has 1 aromatic carbocycles. The quantitative estimate of drug-likeness (QED) is 0.399. The number of nitrogens with zero attached hydrogens (tertiary/aromatic N) is 4. The number of hydrogen-bond donors (Lipinski definition) is 1. The van der Waals surface area contributed by atoms with Crippen LogP contribution in [0.2, 0.25) is 0 Å². The average Bonchev–Trinajstić information content (AvgIpc) is 3.11. The summed E-state index contributed by atoms with van der Waals surface area (Å²) in [5.41, 5.74) is 4.29. The maximum absolute atomic E-state index is 13.7. The largest absolute Gasteiger partial charge is 0.414 e. The number of nitrogens with one attached hydrogen (secondary N) is 1. The zero-order valence-electron chi connectivity index (χ0n) is 20.6. The number of amides is 2. The predicted octanol–water partition coefficient (Wildman–Crippen LogP) is 5.00. The van der Waals surface area contributed by atoms with Crippen LogP contribution in [0.15, 0.2) is 29.6 Å². The minimum absolute atomic E-state index is 0.0644. The van der Waals surface area contributed by atoms with E-state index in [4.69, 9.17) is 4.74 Å². The van der Waals surface area contributed by atoms with Crippen molar-refractivity contribution in [2.75, 3.05) is 13.1 Å². The Morgan fingerprint density at radius 2 is 2.03 bits per heavy atom. The third-order valence-electron chi connectivity index (χ3n) is 7.08. The van der Waals surface area contributed by atoms with Gasteiger partial charge < -0.3 is 15.0 Å². The Balaban J connectivity index is 1.18. The van der Waals surface area contributed by atoms with Crippen molar-refractivity contribution in [3.63, 3.8) is 0 Å². The highest BCUT2D eigenvalue weighted by Crippen LogP contribution is 2.50. The van der Waals surface area contributed by atoms with Gasteiger partial charge in [-0.05, 0) is 51.5 Å². The van der Waals surface area contributed by atoms with Crippen molar-refractivity contribution in [1.29, 1.82) is 0 Å². The Morgan fingerprint density at radius 1 is 1.19 bits per heavy atom. The molecule has 4 heterocycles. The monoisotopic (exact) mass is 521 g/mol. The van der Waals surface area contributed by atoms with Crippen molar-refractivity contribution < 1.29 is 14.3 Å². The molecule has 1 saturated heterocycles. The van der Waals surface area contributed by atoms with Crippen molar-refractivity contribution in [2.24, 2.45) is 11.8 Å². The van der Waals surface area contributed by atoms with Gasteiger partial charge >= 0.3 is 6.09 Å². The van der Waals surface area contributed by atoms with Gasteiger partial charge in [0.25, 0.3) is 5.91 Å². The van der Waals surface area contributed by atoms with Crippen molar-refractivity contribution in [1.82, 2.24) is 24.6 Å². The van der Waals surface area contributed by atoms with Crippen LogP contribution in [0, 0.1) is 39.5 Å². The molecular formula is C26H27N5O3S2. The molecule has 3 aromatic heterocycles. The number of thiazole rings is 2. The van der Waals surface area contributed by atoms with Gasteiger partial charge in [0, 0.05) is 24.2 Å². The van der Waals surface area contributed by atoms with Crippen LogP contribution in [0.4, 0.5) is 4.79 Å². The zero-order valence-corrected chi connectivity index (χ0v) is 22.2. The number of fused-ring (bicyclic) bond motifs is 2. The highest BCUT2D eigenvalue weighted by atomic mass is 32.1. The summed E-state index contributed by atoms with van der Waals surface area (Å²) < 4.78 is 7.51. The maximum atomic E-state index is 13.7. The molecule has 2 fully saturated rings. The number of benzene rings is 1. The molecule has 1 N–H and O–H groups in total. The first kappa shape index (κ1) is 23.2. The van der Waals surface area contributed by atoms with Crippen LogP contribution in [0.25, 0.3) is 15.4 Å². The number of rotatable bonds is 5. The van der Waals surface area contributed by atoms with E-state index in [0.29, 0.717) is 42.2 Å². The van der Waals surface area contributed by atoms with Crippen LogP contribution in [-0.4, -0.2) is 50.4 Å². The second-order valence-electron chi connectivity index (χ2n) is 9.73. The number of carbonyl (C=O) groups excluding carboxylic acids is 2. The third kappa shape index (κ3) is 3.98. The summed E-state index contributed by atoms with van der Waals surface area (Å²) in [7, 11) is 0. The normalized spacial score (nSPS) is 20.6. The van der Waals surface area contributed by atoms with Gasteiger partial charge in [0.05, 0.1) is 15.9 Å². The molecule has 0 radical (unpaired) electrons. The van der Waals surface area contributed by atoms with E-state index in [1.807, 2.05) is 60.6 Å². The van der Waals surface area contributed by atoms with Crippen LogP contribution >= 0.6 is 22.7 Å². The number of piperidine rings is 1. The molecule has 8 nitrogen and oxygen atoms in total. The van der Waals surface area contributed by atoms with Crippen molar-refractivity contribution in [3.8, 4) is 16.3 Å². The van der Waals surface area contributed by atoms with Crippen molar-refractivity contribution in [3.05, 3.63) is 57.3 Å². The number of imidazole rings is 1. The fourth-order valence-electron chi connectivity index (χ4n) is 5.26. The molecule has 186 valence electrons. The summed E-state index contributed by atoms with van der Waals surface area (Å²) in [6.07, 6.45) is 0.551. The first-order valence-corrected chi connectivity index (χ1v) is 13.7. The summed E-state index contributed by atoms with van der Waals surface area (Å²) in [5, 5.41) is 5.75. The topological polar surface area (TPSA) is 88.8 Å². The molecule has 6 rings (SSSR count). The number of hydrogen-bond acceptors (Lipinski definition) is 7.